The standard InChI is InChI=1S/C18H16FNO3S/c1-13-2-6-15(7-3-13)18-20-17(10-23-18)12-24(21,22)11-14-4-8-16(19)9-5-14/h2-10H,11-12H2,1H3. The third-order valence-electron chi connectivity index (χ3n) is 3.52. The van der Waals surface area contributed by atoms with Crippen molar-refractivity contribution in [1.29, 1.82) is 0 Å². The summed E-state index contributed by atoms with van der Waals surface area (Å²) < 4.78 is 42.8. The highest BCUT2D eigenvalue weighted by atomic mass is 32.2. The number of sulfone groups is 1. The summed E-state index contributed by atoms with van der Waals surface area (Å²) >= 11 is 0. The molecule has 3 aromatic rings. The molecular formula is C18H16FNO3S. The van der Waals surface area contributed by atoms with Gasteiger partial charge in [-0.1, -0.05) is 29.8 Å². The second-order valence-corrected chi connectivity index (χ2v) is 7.73. The molecule has 0 N–H and O–H groups in total. The Morgan fingerprint density at radius 1 is 1.00 bits per heavy atom. The van der Waals surface area contributed by atoms with Crippen LogP contribution in [0, 0.1) is 12.7 Å². The summed E-state index contributed by atoms with van der Waals surface area (Å²) in [7, 11) is -3.42. The van der Waals surface area contributed by atoms with E-state index in [2.05, 4.69) is 4.98 Å². The molecule has 0 spiro atoms. The van der Waals surface area contributed by atoms with Crippen molar-refractivity contribution in [2.24, 2.45) is 0 Å². The molecule has 0 amide bonds. The normalized spacial score (nSPS) is 11.6. The fraction of sp³-hybridized carbons (Fsp3) is 0.167. The first-order chi connectivity index (χ1) is 11.4. The molecular weight excluding hydrogens is 329 g/mol. The lowest BCUT2D eigenvalue weighted by atomic mass is 10.1. The molecule has 0 saturated heterocycles. The zero-order valence-corrected chi connectivity index (χ0v) is 13.9. The van der Waals surface area contributed by atoms with Crippen LogP contribution in [0.25, 0.3) is 11.5 Å². The van der Waals surface area contributed by atoms with Gasteiger partial charge in [0.2, 0.25) is 5.89 Å². The van der Waals surface area contributed by atoms with Crippen LogP contribution in [0.2, 0.25) is 0 Å². The highest BCUT2D eigenvalue weighted by molar-refractivity contribution is 7.89. The van der Waals surface area contributed by atoms with Gasteiger partial charge in [-0.05, 0) is 36.8 Å². The molecule has 6 heteroatoms. The van der Waals surface area contributed by atoms with Gasteiger partial charge in [-0.3, -0.25) is 0 Å². The molecule has 0 radical (unpaired) electrons. The number of oxazole rings is 1. The van der Waals surface area contributed by atoms with E-state index in [4.69, 9.17) is 4.42 Å². The number of halogens is 1. The first-order valence-corrected chi connectivity index (χ1v) is 9.20. The lowest BCUT2D eigenvalue weighted by Gasteiger charge is -2.02. The van der Waals surface area contributed by atoms with E-state index in [1.54, 1.807) is 0 Å². The Morgan fingerprint density at radius 3 is 2.33 bits per heavy atom. The maximum absolute atomic E-state index is 12.9. The van der Waals surface area contributed by atoms with Gasteiger partial charge in [0.25, 0.3) is 0 Å². The van der Waals surface area contributed by atoms with Crippen LogP contribution in [-0.4, -0.2) is 13.4 Å². The molecule has 2 aromatic carbocycles. The van der Waals surface area contributed by atoms with E-state index in [0.29, 0.717) is 17.1 Å². The van der Waals surface area contributed by atoms with Crippen LogP contribution < -0.4 is 0 Å². The lowest BCUT2D eigenvalue weighted by Crippen LogP contribution is -2.08. The van der Waals surface area contributed by atoms with E-state index >= 15 is 0 Å². The SMILES string of the molecule is Cc1ccc(-c2nc(CS(=O)(=O)Cc3ccc(F)cc3)co2)cc1. The van der Waals surface area contributed by atoms with Crippen LogP contribution in [0.5, 0.6) is 0 Å². The lowest BCUT2D eigenvalue weighted by molar-refractivity contribution is 0.571. The van der Waals surface area contributed by atoms with E-state index < -0.39 is 15.7 Å². The minimum Gasteiger partial charge on any atom is -0.444 e. The number of benzene rings is 2. The molecule has 1 aromatic heterocycles. The summed E-state index contributed by atoms with van der Waals surface area (Å²) in [6, 6.07) is 13.0. The highest BCUT2D eigenvalue weighted by Gasteiger charge is 2.17. The minimum atomic E-state index is -3.42. The van der Waals surface area contributed by atoms with Crippen molar-refractivity contribution in [2.75, 3.05) is 0 Å². The zero-order chi connectivity index (χ0) is 17.2. The Balaban J connectivity index is 1.73. The van der Waals surface area contributed by atoms with Crippen molar-refractivity contribution in [3.8, 4) is 11.5 Å². The molecule has 0 unspecified atom stereocenters. The molecule has 0 saturated carbocycles. The van der Waals surface area contributed by atoms with Gasteiger partial charge >= 0.3 is 0 Å². The average Bonchev–Trinajstić information content (AvgIpc) is 2.98. The van der Waals surface area contributed by atoms with E-state index in [1.165, 1.54) is 30.5 Å². The van der Waals surface area contributed by atoms with Crippen molar-refractivity contribution in [1.82, 2.24) is 4.98 Å². The maximum Gasteiger partial charge on any atom is 0.226 e. The van der Waals surface area contributed by atoms with E-state index in [0.717, 1.165) is 11.1 Å². The van der Waals surface area contributed by atoms with Crippen LogP contribution >= 0.6 is 0 Å². The summed E-state index contributed by atoms with van der Waals surface area (Å²) in [5.74, 6) is -0.392. The highest BCUT2D eigenvalue weighted by Crippen LogP contribution is 2.21. The minimum absolute atomic E-state index is 0.167. The first kappa shape index (κ1) is 16.4. The molecule has 0 aliphatic carbocycles. The molecule has 4 nitrogen and oxygen atoms in total. The molecule has 0 aliphatic rings. The molecule has 124 valence electrons. The Morgan fingerprint density at radius 2 is 1.67 bits per heavy atom. The number of aromatic nitrogens is 1. The largest absolute Gasteiger partial charge is 0.444 e. The van der Waals surface area contributed by atoms with Gasteiger partial charge in [0.15, 0.2) is 9.84 Å². The number of rotatable bonds is 5. The van der Waals surface area contributed by atoms with Gasteiger partial charge in [-0.2, -0.15) is 0 Å². The number of aryl methyl sites for hydroxylation is 1. The van der Waals surface area contributed by atoms with Gasteiger partial charge < -0.3 is 4.42 Å². The predicted molar refractivity (Wildman–Crippen MR) is 89.4 cm³/mol. The Bertz CT molecular complexity index is 929. The fourth-order valence-corrected chi connectivity index (χ4v) is 3.70. The maximum atomic E-state index is 12.9. The van der Waals surface area contributed by atoms with Crippen molar-refractivity contribution >= 4 is 9.84 Å². The van der Waals surface area contributed by atoms with Crippen molar-refractivity contribution < 1.29 is 17.2 Å². The summed E-state index contributed by atoms with van der Waals surface area (Å²) in [4.78, 5) is 4.25. The summed E-state index contributed by atoms with van der Waals surface area (Å²) in [6.07, 6.45) is 1.36. The second kappa shape index (κ2) is 6.57. The molecule has 1 heterocycles. The number of hydrogen-bond donors (Lipinski definition) is 0. The molecule has 0 atom stereocenters. The van der Waals surface area contributed by atoms with Gasteiger partial charge in [-0.25, -0.2) is 17.8 Å². The first-order valence-electron chi connectivity index (χ1n) is 7.38. The van der Waals surface area contributed by atoms with Gasteiger partial charge in [0.1, 0.15) is 12.1 Å². The quantitative estimate of drug-likeness (QED) is 0.703. The third-order valence-corrected chi connectivity index (χ3v) is 5.03. The second-order valence-electron chi connectivity index (χ2n) is 5.67. The van der Waals surface area contributed by atoms with Gasteiger partial charge in [0.05, 0.1) is 17.2 Å². The Hall–Kier alpha value is -2.47. The Labute approximate surface area is 139 Å². The summed E-state index contributed by atoms with van der Waals surface area (Å²) in [6.45, 7) is 1.98. The third kappa shape index (κ3) is 4.08. The van der Waals surface area contributed by atoms with Crippen molar-refractivity contribution in [3.05, 3.63) is 77.4 Å². The topological polar surface area (TPSA) is 60.2 Å². The van der Waals surface area contributed by atoms with Crippen LogP contribution in [0.1, 0.15) is 16.8 Å². The molecule has 0 aliphatic heterocycles. The summed E-state index contributed by atoms with van der Waals surface area (Å²) in [5.41, 5.74) is 2.81. The monoisotopic (exact) mass is 345 g/mol. The zero-order valence-electron chi connectivity index (χ0n) is 13.1. The van der Waals surface area contributed by atoms with Crippen molar-refractivity contribution in [2.45, 2.75) is 18.4 Å². The number of nitrogens with zero attached hydrogens (tertiary/aromatic N) is 1. The molecule has 3 rings (SSSR count). The molecule has 0 fully saturated rings. The van der Waals surface area contributed by atoms with Crippen LogP contribution in [0.3, 0.4) is 0 Å². The van der Waals surface area contributed by atoms with Crippen molar-refractivity contribution in [3.63, 3.8) is 0 Å². The Kier molecular flexibility index (Phi) is 4.49. The van der Waals surface area contributed by atoms with Crippen LogP contribution in [-0.2, 0) is 21.3 Å². The predicted octanol–water partition coefficient (Wildman–Crippen LogP) is 3.90. The van der Waals surface area contributed by atoms with Crippen LogP contribution in [0.15, 0.2) is 59.2 Å². The molecule has 24 heavy (non-hydrogen) atoms. The fourth-order valence-electron chi connectivity index (χ4n) is 2.31. The van der Waals surface area contributed by atoms with Gasteiger partial charge in [0, 0.05) is 5.56 Å². The molecule has 0 bridgehead atoms. The van der Waals surface area contributed by atoms with Gasteiger partial charge in [-0.15, -0.1) is 0 Å². The van der Waals surface area contributed by atoms with E-state index in [-0.39, 0.29) is 11.5 Å². The number of hydrogen-bond acceptors (Lipinski definition) is 4. The summed E-state index contributed by atoms with van der Waals surface area (Å²) in [5, 5.41) is 0. The van der Waals surface area contributed by atoms with E-state index in [1.807, 2.05) is 31.2 Å². The smallest absolute Gasteiger partial charge is 0.226 e. The van der Waals surface area contributed by atoms with E-state index in [9.17, 15) is 12.8 Å². The van der Waals surface area contributed by atoms with Crippen LogP contribution in [0.4, 0.5) is 4.39 Å². The average molecular weight is 345 g/mol.